The van der Waals surface area contributed by atoms with E-state index >= 15 is 0 Å². The molecule has 4 aliphatic rings. The maximum absolute atomic E-state index is 11.4. The minimum atomic E-state index is -0.0895. The highest BCUT2D eigenvalue weighted by Crippen LogP contribution is 2.68. The van der Waals surface area contributed by atoms with Crippen LogP contribution in [0.1, 0.15) is 91.9 Å². The Morgan fingerprint density at radius 2 is 1.75 bits per heavy atom. The number of halogens is 1. The average molecular weight is 501 g/mol. The molecule has 0 aromatic carbocycles. The van der Waals surface area contributed by atoms with Crippen molar-refractivity contribution in [3.8, 4) is 0 Å². The van der Waals surface area contributed by atoms with E-state index in [0.717, 1.165) is 48.3 Å². The molecule has 0 aliphatic heterocycles. The van der Waals surface area contributed by atoms with E-state index in [1.807, 2.05) is 0 Å². The Balaban J connectivity index is 1.50. The molecule has 0 aromatic rings. The third-order valence-electron chi connectivity index (χ3n) is 10.3. The van der Waals surface area contributed by atoms with E-state index in [9.17, 15) is 4.79 Å². The van der Waals surface area contributed by atoms with Crippen LogP contribution >= 0.6 is 22.6 Å². The predicted molar refractivity (Wildman–Crippen MR) is 123 cm³/mol. The number of ether oxygens (including phenoxy) is 1. The fourth-order valence-electron chi connectivity index (χ4n) is 8.91. The van der Waals surface area contributed by atoms with Gasteiger partial charge in [0.25, 0.3) is 0 Å². The van der Waals surface area contributed by atoms with Gasteiger partial charge in [0.15, 0.2) is 0 Å². The van der Waals surface area contributed by atoms with Crippen LogP contribution in [0.2, 0.25) is 0 Å². The topological polar surface area (TPSA) is 26.3 Å². The van der Waals surface area contributed by atoms with Gasteiger partial charge in [-0.2, -0.15) is 0 Å². The molecule has 4 saturated carbocycles. The summed E-state index contributed by atoms with van der Waals surface area (Å²) in [6, 6.07) is 0. The van der Waals surface area contributed by atoms with Gasteiger partial charge in [-0.1, -0.05) is 43.4 Å². The molecule has 0 bridgehead atoms. The zero-order valence-electron chi connectivity index (χ0n) is 18.5. The summed E-state index contributed by atoms with van der Waals surface area (Å²) in [5.41, 5.74) is 1.09. The summed E-state index contributed by atoms with van der Waals surface area (Å²) in [5, 5.41) is 0. The standard InChI is InChI=1S/C25H41IO2/c1-16(11-14-26)21-7-8-22-20-6-5-18-15-19(28-17(2)27)9-12-24(18,3)23(20)10-13-25(21,22)4/h16,18-23H,5-15H2,1-4H3/t16-,18-,19-,20+,21-,22+,23+,24+,25-/m1/s1. The van der Waals surface area contributed by atoms with E-state index in [1.54, 1.807) is 6.92 Å². The molecular formula is C25H41IO2. The summed E-state index contributed by atoms with van der Waals surface area (Å²) in [6.07, 6.45) is 13.8. The molecule has 4 fully saturated rings. The van der Waals surface area contributed by atoms with Crippen LogP contribution in [-0.2, 0) is 9.53 Å². The lowest BCUT2D eigenvalue weighted by Crippen LogP contribution is -2.54. The number of carbonyl (C=O) groups is 1. The monoisotopic (exact) mass is 500 g/mol. The van der Waals surface area contributed by atoms with Gasteiger partial charge in [0.1, 0.15) is 6.10 Å². The molecule has 0 N–H and O–H groups in total. The second kappa shape index (κ2) is 8.04. The predicted octanol–water partition coefficient (Wildman–Crippen LogP) is 7.04. The number of fused-ring (bicyclic) bond motifs is 5. The molecule has 0 unspecified atom stereocenters. The number of esters is 1. The number of hydrogen-bond acceptors (Lipinski definition) is 2. The molecule has 4 rings (SSSR count). The van der Waals surface area contributed by atoms with Crippen molar-refractivity contribution in [3.63, 3.8) is 0 Å². The van der Waals surface area contributed by atoms with Gasteiger partial charge in [0, 0.05) is 6.92 Å². The van der Waals surface area contributed by atoms with Gasteiger partial charge in [0.2, 0.25) is 0 Å². The zero-order chi connectivity index (χ0) is 20.1. The third-order valence-corrected chi connectivity index (χ3v) is 10.9. The lowest BCUT2D eigenvalue weighted by atomic mass is 9.44. The maximum Gasteiger partial charge on any atom is 0.302 e. The first-order valence-electron chi connectivity index (χ1n) is 12.0. The molecule has 28 heavy (non-hydrogen) atoms. The summed E-state index contributed by atoms with van der Waals surface area (Å²) in [6.45, 7) is 9.41. The van der Waals surface area contributed by atoms with E-state index in [-0.39, 0.29) is 12.1 Å². The van der Waals surface area contributed by atoms with E-state index in [0.29, 0.717) is 10.8 Å². The summed E-state index contributed by atoms with van der Waals surface area (Å²) in [4.78, 5) is 11.4. The highest BCUT2D eigenvalue weighted by Gasteiger charge is 2.60. The minimum absolute atomic E-state index is 0.0895. The van der Waals surface area contributed by atoms with Crippen LogP contribution in [0.3, 0.4) is 0 Å². The molecule has 160 valence electrons. The van der Waals surface area contributed by atoms with Crippen molar-refractivity contribution < 1.29 is 9.53 Å². The van der Waals surface area contributed by atoms with Gasteiger partial charge < -0.3 is 4.74 Å². The van der Waals surface area contributed by atoms with Crippen molar-refractivity contribution in [2.45, 2.75) is 98.0 Å². The van der Waals surface area contributed by atoms with Crippen molar-refractivity contribution in [3.05, 3.63) is 0 Å². The number of hydrogen-bond donors (Lipinski definition) is 0. The molecule has 4 aliphatic carbocycles. The highest BCUT2D eigenvalue weighted by atomic mass is 127. The fraction of sp³-hybridized carbons (Fsp3) is 0.960. The zero-order valence-corrected chi connectivity index (χ0v) is 20.7. The second-order valence-corrected chi connectivity index (χ2v) is 12.4. The van der Waals surface area contributed by atoms with Gasteiger partial charge in [-0.05, 0) is 115 Å². The van der Waals surface area contributed by atoms with Gasteiger partial charge >= 0.3 is 5.97 Å². The molecule has 2 nitrogen and oxygen atoms in total. The van der Waals surface area contributed by atoms with Crippen molar-refractivity contribution in [1.29, 1.82) is 0 Å². The molecule has 0 radical (unpaired) electrons. The van der Waals surface area contributed by atoms with Crippen LogP contribution in [0, 0.1) is 46.3 Å². The maximum atomic E-state index is 11.4. The van der Waals surface area contributed by atoms with Crippen molar-refractivity contribution in [2.75, 3.05) is 4.43 Å². The Morgan fingerprint density at radius 3 is 2.46 bits per heavy atom. The first-order chi connectivity index (χ1) is 13.3. The Bertz CT molecular complexity index is 591. The van der Waals surface area contributed by atoms with E-state index in [4.69, 9.17) is 4.74 Å². The van der Waals surface area contributed by atoms with Crippen LogP contribution in [0.5, 0.6) is 0 Å². The van der Waals surface area contributed by atoms with Crippen molar-refractivity contribution in [1.82, 2.24) is 0 Å². The second-order valence-electron chi connectivity index (χ2n) is 11.3. The van der Waals surface area contributed by atoms with E-state index in [2.05, 4.69) is 43.4 Å². The number of rotatable bonds is 4. The average Bonchev–Trinajstić information content (AvgIpc) is 2.99. The van der Waals surface area contributed by atoms with Gasteiger partial charge in [-0.25, -0.2) is 0 Å². The van der Waals surface area contributed by atoms with E-state index < -0.39 is 0 Å². The van der Waals surface area contributed by atoms with Crippen molar-refractivity contribution >= 4 is 28.6 Å². The van der Waals surface area contributed by atoms with Crippen LogP contribution < -0.4 is 0 Å². The Hall–Kier alpha value is 0.200. The molecule has 3 heteroatoms. The molecule has 0 saturated heterocycles. The lowest BCUT2D eigenvalue weighted by molar-refractivity contribution is -0.160. The van der Waals surface area contributed by atoms with Crippen LogP contribution in [0.4, 0.5) is 0 Å². The molecule has 0 heterocycles. The van der Waals surface area contributed by atoms with Gasteiger partial charge in [-0.15, -0.1) is 0 Å². The summed E-state index contributed by atoms with van der Waals surface area (Å²) < 4.78 is 6.94. The normalized spacial score (nSPS) is 48.9. The fourth-order valence-corrected chi connectivity index (χ4v) is 9.89. The highest BCUT2D eigenvalue weighted by molar-refractivity contribution is 14.1. The van der Waals surface area contributed by atoms with Gasteiger partial charge in [-0.3, -0.25) is 4.79 Å². The van der Waals surface area contributed by atoms with Crippen molar-refractivity contribution in [2.24, 2.45) is 46.3 Å². The Morgan fingerprint density at radius 1 is 1.04 bits per heavy atom. The first kappa shape index (κ1) is 21.4. The number of carbonyl (C=O) groups excluding carboxylic acids is 1. The minimum Gasteiger partial charge on any atom is -0.463 e. The quantitative estimate of drug-likeness (QED) is 0.235. The summed E-state index contributed by atoms with van der Waals surface area (Å²) in [7, 11) is 0. The Kier molecular flexibility index (Phi) is 6.15. The van der Waals surface area contributed by atoms with E-state index in [1.165, 1.54) is 55.8 Å². The molecule has 0 amide bonds. The molecule has 0 aromatic heterocycles. The molecule has 9 atom stereocenters. The largest absolute Gasteiger partial charge is 0.463 e. The Labute approximate surface area is 186 Å². The SMILES string of the molecule is CC(=O)O[C@@H]1CC[C@@]2(C)[C@H](CC[C@@H]3[C@@H]2CC[C@]2(C)[C@@H]([C@H](C)CCI)CC[C@@H]32)C1. The molecule has 0 spiro atoms. The lowest BCUT2D eigenvalue weighted by Gasteiger charge is -2.61. The third kappa shape index (κ3) is 3.47. The number of alkyl halides is 1. The summed E-state index contributed by atoms with van der Waals surface area (Å²) in [5.74, 6) is 5.38. The van der Waals surface area contributed by atoms with Crippen LogP contribution in [0.15, 0.2) is 0 Å². The molecular weight excluding hydrogens is 459 g/mol. The summed E-state index contributed by atoms with van der Waals surface area (Å²) >= 11 is 2.57. The first-order valence-corrected chi connectivity index (χ1v) is 13.6. The van der Waals surface area contributed by atoms with Crippen LogP contribution in [-0.4, -0.2) is 16.5 Å². The van der Waals surface area contributed by atoms with Gasteiger partial charge in [0.05, 0.1) is 0 Å². The smallest absolute Gasteiger partial charge is 0.302 e. The van der Waals surface area contributed by atoms with Crippen LogP contribution in [0.25, 0.3) is 0 Å².